The number of amides is 2. The number of rotatable bonds is 4. The average molecular weight is 426 g/mol. The molecule has 2 aliphatic heterocycles. The SMILES string of the molecule is CCCC(=O)N1CCc2c(nc([C@H]3CCCCN3C(=O)c3cccc(F)c3)[nH]c2=O)C1. The lowest BCUT2D eigenvalue weighted by atomic mass is 9.99. The van der Waals surface area contributed by atoms with Crippen LogP contribution in [0.15, 0.2) is 29.1 Å². The topological polar surface area (TPSA) is 86.4 Å². The number of benzene rings is 1. The molecule has 164 valence electrons. The summed E-state index contributed by atoms with van der Waals surface area (Å²) < 4.78 is 13.7. The summed E-state index contributed by atoms with van der Waals surface area (Å²) in [5.41, 5.74) is 1.30. The van der Waals surface area contributed by atoms with Gasteiger partial charge in [-0.3, -0.25) is 14.4 Å². The van der Waals surface area contributed by atoms with Crippen LogP contribution in [0.3, 0.4) is 0 Å². The third kappa shape index (κ3) is 4.38. The van der Waals surface area contributed by atoms with Crippen molar-refractivity contribution < 1.29 is 14.0 Å². The molecule has 4 rings (SSSR count). The first-order chi connectivity index (χ1) is 15.0. The lowest BCUT2D eigenvalue weighted by Gasteiger charge is -2.36. The standard InChI is InChI=1S/C23H27FN4O3/c1-2-6-20(29)27-12-10-17-18(14-27)25-21(26-22(17)30)19-9-3-4-11-28(19)23(31)15-7-5-8-16(24)13-15/h5,7-8,13,19H,2-4,6,9-12,14H2,1H3,(H,25,26,30)/t19-/m1/s1. The van der Waals surface area contributed by atoms with Gasteiger partial charge in [0, 0.05) is 30.6 Å². The Labute approximate surface area is 180 Å². The smallest absolute Gasteiger partial charge is 0.254 e. The van der Waals surface area contributed by atoms with E-state index in [1.54, 1.807) is 15.9 Å². The summed E-state index contributed by atoms with van der Waals surface area (Å²) in [5, 5.41) is 0. The fraction of sp³-hybridized carbons (Fsp3) is 0.478. The normalized spacial score (nSPS) is 18.6. The molecule has 0 saturated carbocycles. The van der Waals surface area contributed by atoms with Gasteiger partial charge in [0.25, 0.3) is 11.5 Å². The van der Waals surface area contributed by atoms with Crippen LogP contribution in [0.1, 0.15) is 72.5 Å². The van der Waals surface area contributed by atoms with Gasteiger partial charge in [0.05, 0.1) is 18.3 Å². The van der Waals surface area contributed by atoms with Crippen LogP contribution in [0, 0.1) is 5.82 Å². The number of carbonyl (C=O) groups excluding carboxylic acids is 2. The van der Waals surface area contributed by atoms with Crippen molar-refractivity contribution in [3.05, 3.63) is 63.1 Å². The third-order valence-electron chi connectivity index (χ3n) is 6.06. The van der Waals surface area contributed by atoms with E-state index in [1.165, 1.54) is 18.2 Å². The number of halogens is 1. The van der Waals surface area contributed by atoms with Crippen molar-refractivity contribution in [3.63, 3.8) is 0 Å². The van der Waals surface area contributed by atoms with Crippen LogP contribution in [0.4, 0.5) is 4.39 Å². The van der Waals surface area contributed by atoms with Gasteiger partial charge in [-0.1, -0.05) is 13.0 Å². The Morgan fingerprint density at radius 1 is 1.26 bits per heavy atom. The lowest BCUT2D eigenvalue weighted by molar-refractivity contribution is -0.132. The van der Waals surface area contributed by atoms with Crippen molar-refractivity contribution in [2.75, 3.05) is 13.1 Å². The maximum atomic E-state index is 13.7. The first-order valence-corrected chi connectivity index (χ1v) is 10.9. The summed E-state index contributed by atoms with van der Waals surface area (Å²) >= 11 is 0. The Balaban J connectivity index is 1.64. The molecule has 2 aliphatic rings. The maximum Gasteiger partial charge on any atom is 0.254 e. The number of fused-ring (bicyclic) bond motifs is 1. The highest BCUT2D eigenvalue weighted by atomic mass is 19.1. The van der Waals surface area contributed by atoms with Crippen LogP contribution in [0.25, 0.3) is 0 Å². The van der Waals surface area contributed by atoms with Crippen molar-refractivity contribution in [1.82, 2.24) is 19.8 Å². The largest absolute Gasteiger partial charge is 0.336 e. The van der Waals surface area contributed by atoms with Gasteiger partial charge in [-0.2, -0.15) is 0 Å². The Morgan fingerprint density at radius 3 is 2.87 bits per heavy atom. The number of H-pyrrole nitrogens is 1. The summed E-state index contributed by atoms with van der Waals surface area (Å²) in [6.45, 7) is 3.31. The number of nitrogens with zero attached hydrogens (tertiary/aromatic N) is 3. The van der Waals surface area contributed by atoms with Gasteiger partial charge in [-0.15, -0.1) is 0 Å². The van der Waals surface area contributed by atoms with Gasteiger partial charge in [0.2, 0.25) is 5.91 Å². The van der Waals surface area contributed by atoms with E-state index in [1.807, 2.05) is 6.92 Å². The molecule has 0 aliphatic carbocycles. The minimum Gasteiger partial charge on any atom is -0.336 e. The van der Waals surface area contributed by atoms with Gasteiger partial charge in [-0.25, -0.2) is 9.37 Å². The first-order valence-electron chi connectivity index (χ1n) is 10.9. The third-order valence-corrected chi connectivity index (χ3v) is 6.06. The van der Waals surface area contributed by atoms with Crippen molar-refractivity contribution in [3.8, 4) is 0 Å². The van der Waals surface area contributed by atoms with Gasteiger partial charge in [-0.05, 0) is 50.3 Å². The highest BCUT2D eigenvalue weighted by Gasteiger charge is 2.32. The highest BCUT2D eigenvalue weighted by molar-refractivity contribution is 5.94. The van der Waals surface area contributed by atoms with E-state index in [0.29, 0.717) is 56.0 Å². The van der Waals surface area contributed by atoms with Crippen LogP contribution < -0.4 is 5.56 Å². The zero-order chi connectivity index (χ0) is 22.0. The molecule has 1 N–H and O–H groups in total. The molecule has 1 aromatic heterocycles. The number of piperidine rings is 1. The molecule has 1 atom stereocenters. The Kier molecular flexibility index (Phi) is 6.15. The molecule has 1 aromatic carbocycles. The number of nitrogens with one attached hydrogen (secondary N) is 1. The molecule has 1 fully saturated rings. The molecule has 0 spiro atoms. The monoisotopic (exact) mass is 426 g/mol. The lowest BCUT2D eigenvalue weighted by Crippen LogP contribution is -2.42. The first kappa shape index (κ1) is 21.2. The zero-order valence-corrected chi connectivity index (χ0v) is 17.7. The molecule has 0 unspecified atom stereocenters. The molecule has 8 heteroatoms. The summed E-state index contributed by atoms with van der Waals surface area (Å²) in [6, 6.07) is 5.26. The quantitative estimate of drug-likeness (QED) is 0.814. The fourth-order valence-corrected chi connectivity index (χ4v) is 4.45. The summed E-state index contributed by atoms with van der Waals surface area (Å²) in [5.74, 6) is -0.226. The summed E-state index contributed by atoms with van der Waals surface area (Å²) in [7, 11) is 0. The van der Waals surface area contributed by atoms with E-state index in [0.717, 1.165) is 19.3 Å². The van der Waals surface area contributed by atoms with Gasteiger partial charge < -0.3 is 14.8 Å². The number of hydrogen-bond acceptors (Lipinski definition) is 4. The molecular weight excluding hydrogens is 399 g/mol. The molecule has 2 aromatic rings. The predicted molar refractivity (Wildman–Crippen MR) is 113 cm³/mol. The van der Waals surface area contributed by atoms with E-state index in [4.69, 9.17) is 4.98 Å². The van der Waals surface area contributed by atoms with E-state index in [2.05, 4.69) is 4.98 Å². The van der Waals surface area contributed by atoms with Crippen LogP contribution in [0.2, 0.25) is 0 Å². The number of carbonyl (C=O) groups is 2. The average Bonchev–Trinajstić information content (AvgIpc) is 2.78. The van der Waals surface area contributed by atoms with Crippen molar-refractivity contribution in [2.45, 2.75) is 58.0 Å². The second kappa shape index (κ2) is 8.99. The van der Waals surface area contributed by atoms with Crippen molar-refractivity contribution >= 4 is 11.8 Å². The maximum absolute atomic E-state index is 13.7. The second-order valence-corrected chi connectivity index (χ2v) is 8.21. The molecule has 2 amide bonds. The van der Waals surface area contributed by atoms with Gasteiger partial charge in [0.1, 0.15) is 11.6 Å². The number of aromatic nitrogens is 2. The molecule has 0 radical (unpaired) electrons. The molecule has 31 heavy (non-hydrogen) atoms. The highest BCUT2D eigenvalue weighted by Crippen LogP contribution is 2.31. The van der Waals surface area contributed by atoms with Crippen molar-refractivity contribution in [1.29, 1.82) is 0 Å². The van der Waals surface area contributed by atoms with Gasteiger partial charge >= 0.3 is 0 Å². The minimum absolute atomic E-state index is 0.0670. The summed E-state index contributed by atoms with van der Waals surface area (Å²) in [4.78, 5) is 49.2. The molecule has 1 saturated heterocycles. The van der Waals surface area contributed by atoms with Crippen molar-refractivity contribution in [2.24, 2.45) is 0 Å². The van der Waals surface area contributed by atoms with Crippen LogP contribution in [0.5, 0.6) is 0 Å². The molecule has 3 heterocycles. The Hall–Kier alpha value is -3.03. The van der Waals surface area contributed by atoms with E-state index in [9.17, 15) is 18.8 Å². The molecule has 0 bridgehead atoms. The number of likely N-dealkylation sites (tertiary alicyclic amines) is 1. The predicted octanol–water partition coefficient (Wildman–Crippen LogP) is 2.96. The van der Waals surface area contributed by atoms with E-state index >= 15 is 0 Å². The Bertz CT molecular complexity index is 1050. The Morgan fingerprint density at radius 2 is 2.10 bits per heavy atom. The van der Waals surface area contributed by atoms with Crippen LogP contribution >= 0.6 is 0 Å². The van der Waals surface area contributed by atoms with Crippen LogP contribution in [-0.4, -0.2) is 44.7 Å². The fourth-order valence-electron chi connectivity index (χ4n) is 4.45. The second-order valence-electron chi connectivity index (χ2n) is 8.21. The number of hydrogen-bond donors (Lipinski definition) is 1. The minimum atomic E-state index is -0.462. The van der Waals surface area contributed by atoms with E-state index in [-0.39, 0.29) is 29.0 Å². The summed E-state index contributed by atoms with van der Waals surface area (Å²) in [6.07, 6.45) is 4.14. The number of aromatic amines is 1. The zero-order valence-electron chi connectivity index (χ0n) is 17.7. The van der Waals surface area contributed by atoms with E-state index < -0.39 is 5.82 Å². The molecule has 7 nitrogen and oxygen atoms in total. The van der Waals surface area contributed by atoms with Gasteiger partial charge in [0.15, 0.2) is 0 Å². The van der Waals surface area contributed by atoms with Crippen LogP contribution in [-0.2, 0) is 17.8 Å². The molecular formula is C23H27FN4O3.